The zero-order chi connectivity index (χ0) is 69.7. The molecule has 0 aliphatic heterocycles. The number of carbonyl (C=O) groups is 2. The molecule has 10 heteroatoms. The maximum absolute atomic E-state index is 12.9. The van der Waals surface area contributed by atoms with Gasteiger partial charge in [0.15, 0.2) is 6.10 Å². The summed E-state index contributed by atoms with van der Waals surface area (Å²) in [7, 11) is 1.16. The summed E-state index contributed by atoms with van der Waals surface area (Å²) in [5, 5.41) is 0. The Morgan fingerprint density at radius 1 is 0.323 bits per heavy atom. The summed E-state index contributed by atoms with van der Waals surface area (Å²) in [6, 6.07) is 0. The molecule has 0 fully saturated rings. The maximum Gasteiger partial charge on any atom is 0.306 e. The number of hydrogen-bond donors (Lipinski definition) is 0. The first-order chi connectivity index (χ1) is 47.0. The first-order valence-electron chi connectivity index (χ1n) is 39.2. The second-order valence-corrected chi connectivity index (χ2v) is 28.4. The van der Waals surface area contributed by atoms with Gasteiger partial charge < -0.3 is 27.9 Å². The fourth-order valence-electron chi connectivity index (χ4n) is 10.6. The Hall–Kier alpha value is -4.37. The van der Waals surface area contributed by atoms with E-state index < -0.39 is 26.5 Å². The molecule has 0 aromatic carbocycles. The van der Waals surface area contributed by atoms with Crippen molar-refractivity contribution in [1.82, 2.24) is 0 Å². The highest BCUT2D eigenvalue weighted by molar-refractivity contribution is 7.45. The van der Waals surface area contributed by atoms with E-state index in [0.717, 1.165) is 128 Å². The summed E-state index contributed by atoms with van der Waals surface area (Å²) >= 11 is 0. The van der Waals surface area contributed by atoms with Gasteiger partial charge in [-0.15, -0.1) is 0 Å². The summed E-state index contributed by atoms with van der Waals surface area (Å²) in [6.07, 6.45) is 112. The molecular weight excluding hydrogens is 1210 g/mol. The molecule has 0 aliphatic rings. The second kappa shape index (κ2) is 74.8. The Morgan fingerprint density at radius 2 is 0.562 bits per heavy atom. The van der Waals surface area contributed by atoms with E-state index in [-0.39, 0.29) is 32.0 Å². The highest BCUT2D eigenvalue weighted by atomic mass is 31.2. The predicted octanol–water partition coefficient (Wildman–Crippen LogP) is 25.6. The Morgan fingerprint density at radius 3 is 0.833 bits per heavy atom. The number of ether oxygens (including phenoxy) is 2. The molecule has 0 aromatic rings. The van der Waals surface area contributed by atoms with Crippen LogP contribution in [-0.4, -0.2) is 70.0 Å². The molecule has 0 saturated carbocycles. The van der Waals surface area contributed by atoms with Crippen molar-refractivity contribution in [2.75, 3.05) is 47.5 Å². The molecule has 548 valence electrons. The lowest BCUT2D eigenvalue weighted by Crippen LogP contribution is -2.37. The number of allylic oxidation sites excluding steroid dienone is 26. The minimum atomic E-state index is -4.66. The van der Waals surface area contributed by atoms with Gasteiger partial charge in [-0.25, -0.2) is 0 Å². The van der Waals surface area contributed by atoms with E-state index in [1.54, 1.807) is 0 Å². The number of likely N-dealkylation sites (N-methyl/N-ethyl adjacent to an activating group) is 1. The average Bonchev–Trinajstić information content (AvgIpc) is 2.72. The topological polar surface area (TPSA) is 111 Å². The second-order valence-electron chi connectivity index (χ2n) is 27.0. The van der Waals surface area contributed by atoms with E-state index in [2.05, 4.69) is 172 Å². The van der Waals surface area contributed by atoms with Gasteiger partial charge in [0.05, 0.1) is 27.7 Å². The number of carbonyl (C=O) groups excluding carboxylic acids is 2. The largest absolute Gasteiger partial charge is 0.756 e. The van der Waals surface area contributed by atoms with Crippen molar-refractivity contribution in [3.63, 3.8) is 0 Å². The first-order valence-corrected chi connectivity index (χ1v) is 40.7. The zero-order valence-corrected chi connectivity index (χ0v) is 63.4. The van der Waals surface area contributed by atoms with Crippen molar-refractivity contribution < 1.29 is 42.1 Å². The van der Waals surface area contributed by atoms with Crippen LogP contribution < -0.4 is 4.89 Å². The summed E-state index contributed by atoms with van der Waals surface area (Å²) in [6.45, 7) is 4.03. The smallest absolute Gasteiger partial charge is 0.306 e. The lowest BCUT2D eigenvalue weighted by molar-refractivity contribution is -0.870. The summed E-state index contributed by atoms with van der Waals surface area (Å²) in [5.74, 6) is -0.837. The highest BCUT2D eigenvalue weighted by Gasteiger charge is 2.22. The first kappa shape index (κ1) is 91.6. The normalized spacial score (nSPS) is 13.9. The van der Waals surface area contributed by atoms with Crippen molar-refractivity contribution >= 4 is 19.8 Å². The molecule has 0 amide bonds. The molecule has 0 radical (unpaired) electrons. The van der Waals surface area contributed by atoms with Crippen LogP contribution in [0.25, 0.3) is 0 Å². The Balaban J connectivity index is 4.03. The Labute approximate surface area is 592 Å². The van der Waals surface area contributed by atoms with Gasteiger partial charge in [-0.3, -0.25) is 14.2 Å². The van der Waals surface area contributed by atoms with Crippen molar-refractivity contribution in [3.8, 4) is 0 Å². The van der Waals surface area contributed by atoms with Gasteiger partial charge in [0.25, 0.3) is 7.82 Å². The van der Waals surface area contributed by atoms with Crippen molar-refractivity contribution in [3.05, 3.63) is 158 Å². The average molecular weight is 1350 g/mol. The fourth-order valence-corrected chi connectivity index (χ4v) is 11.4. The van der Waals surface area contributed by atoms with E-state index in [1.807, 2.05) is 21.1 Å². The molecule has 0 N–H and O–H groups in total. The van der Waals surface area contributed by atoms with Crippen molar-refractivity contribution in [2.24, 2.45) is 0 Å². The minimum Gasteiger partial charge on any atom is -0.756 e. The molecule has 0 heterocycles. The lowest BCUT2D eigenvalue weighted by Gasteiger charge is -2.28. The van der Waals surface area contributed by atoms with E-state index in [0.29, 0.717) is 17.4 Å². The van der Waals surface area contributed by atoms with Gasteiger partial charge in [0.1, 0.15) is 19.8 Å². The van der Waals surface area contributed by atoms with Crippen molar-refractivity contribution in [1.29, 1.82) is 0 Å². The standard InChI is InChI=1S/C86H146NO8P/c1-6-8-10-12-14-16-18-20-22-24-26-28-30-32-34-36-38-40-42-43-45-47-49-51-53-55-57-59-61-63-65-67-69-71-73-75-77-79-86(89)95-84(83-94-96(90,91)93-81-80-87(3,4)5)82-92-85(88)78-76-74-72-70-68-66-64-62-60-58-56-54-52-50-48-46-44-41-39-37-35-33-31-29-27-25-23-21-19-17-15-13-11-9-7-2/h8-11,14-17,20-23,26-29,32,34,38,40,43,45,49,51,55,57,84H,6-7,12-13,18-19,24-25,30-31,33,35-37,39,41-42,44,46-48,50,52-54,56,58-83H2,1-5H3/b10-8-,11-9-,16-14-,17-15-,22-20-,23-21-,28-26-,29-27-,34-32-,40-38-,45-43-,51-49-,57-55-. The number of quaternary nitrogens is 1. The zero-order valence-electron chi connectivity index (χ0n) is 62.5. The van der Waals surface area contributed by atoms with Crippen LogP contribution in [0.2, 0.25) is 0 Å². The van der Waals surface area contributed by atoms with Crippen LogP contribution in [-0.2, 0) is 32.7 Å². The minimum absolute atomic E-state index is 0.0375. The van der Waals surface area contributed by atoms with Crippen molar-refractivity contribution in [2.45, 2.75) is 328 Å². The van der Waals surface area contributed by atoms with Crippen LogP contribution in [0.4, 0.5) is 0 Å². The number of rotatable bonds is 71. The SMILES string of the molecule is CC/C=C\C/C=C\C/C=C\C/C=C\C/C=C\C/C=C\C/C=C\C/C=C\C/C=C\CCCCCCCCCCCC(=O)OC(COC(=O)CCCCCCCCCCCCCCCCCCCCCCCC/C=C\C/C=C\C/C=C\C/C=C\CC)COP(=O)([O-])OCC[N+](C)(C)C. The summed E-state index contributed by atoms with van der Waals surface area (Å²) in [4.78, 5) is 38.2. The summed E-state index contributed by atoms with van der Waals surface area (Å²) in [5.41, 5.74) is 0. The maximum atomic E-state index is 12.9. The molecule has 96 heavy (non-hydrogen) atoms. The van der Waals surface area contributed by atoms with E-state index >= 15 is 0 Å². The molecule has 0 bridgehead atoms. The van der Waals surface area contributed by atoms with Gasteiger partial charge in [-0.1, -0.05) is 345 Å². The molecular formula is C86H146NO8P. The number of phosphoric acid groups is 1. The number of unbranched alkanes of at least 4 members (excludes halogenated alkanes) is 31. The van der Waals surface area contributed by atoms with E-state index in [4.69, 9.17) is 18.5 Å². The van der Waals surface area contributed by atoms with E-state index in [9.17, 15) is 19.0 Å². The van der Waals surface area contributed by atoms with Gasteiger partial charge in [-0.2, -0.15) is 0 Å². The highest BCUT2D eigenvalue weighted by Crippen LogP contribution is 2.38. The van der Waals surface area contributed by atoms with Gasteiger partial charge in [0.2, 0.25) is 0 Å². The molecule has 9 nitrogen and oxygen atoms in total. The molecule has 0 saturated heterocycles. The quantitative estimate of drug-likeness (QED) is 0.0195. The van der Waals surface area contributed by atoms with Crippen LogP contribution in [0, 0.1) is 0 Å². The third-order valence-electron chi connectivity index (χ3n) is 16.5. The fraction of sp³-hybridized carbons (Fsp3) is 0.674. The van der Waals surface area contributed by atoms with Crippen LogP contribution in [0.3, 0.4) is 0 Å². The van der Waals surface area contributed by atoms with Crippen LogP contribution >= 0.6 is 7.82 Å². The monoisotopic (exact) mass is 1350 g/mol. The summed E-state index contributed by atoms with van der Waals surface area (Å²) < 4.78 is 34.4. The molecule has 0 rings (SSSR count). The Kier molecular flexibility index (Phi) is 71.4. The molecule has 0 spiro atoms. The number of esters is 2. The van der Waals surface area contributed by atoms with Gasteiger partial charge >= 0.3 is 11.9 Å². The number of nitrogens with zero attached hydrogens (tertiary/aromatic N) is 1. The van der Waals surface area contributed by atoms with Gasteiger partial charge in [-0.05, 0) is 122 Å². The molecule has 0 aliphatic carbocycles. The van der Waals surface area contributed by atoms with Crippen LogP contribution in [0.1, 0.15) is 322 Å². The molecule has 2 atom stereocenters. The third-order valence-corrected chi connectivity index (χ3v) is 17.5. The van der Waals surface area contributed by atoms with Gasteiger partial charge in [0, 0.05) is 12.8 Å². The predicted molar refractivity (Wildman–Crippen MR) is 415 cm³/mol. The lowest BCUT2D eigenvalue weighted by atomic mass is 10.0. The molecule has 0 aromatic heterocycles. The Bertz CT molecular complexity index is 2180. The number of phosphoric ester groups is 1. The molecule has 2 unspecified atom stereocenters. The van der Waals surface area contributed by atoms with Crippen LogP contribution in [0.5, 0.6) is 0 Å². The van der Waals surface area contributed by atoms with E-state index in [1.165, 1.54) is 161 Å². The van der Waals surface area contributed by atoms with Crippen LogP contribution in [0.15, 0.2) is 158 Å². The third kappa shape index (κ3) is 78.6. The number of hydrogen-bond acceptors (Lipinski definition) is 8.